The van der Waals surface area contributed by atoms with E-state index in [2.05, 4.69) is 0 Å². The van der Waals surface area contributed by atoms with Gasteiger partial charge < -0.3 is 23.5 Å². The second-order valence-electron chi connectivity index (χ2n) is 21.5. The van der Waals surface area contributed by atoms with Crippen LogP contribution in [-0.2, 0) is 98.7 Å². The average Bonchev–Trinajstić information content (AvgIpc) is 3.25. The van der Waals surface area contributed by atoms with Crippen LogP contribution < -0.4 is 54.5 Å². The van der Waals surface area contributed by atoms with Gasteiger partial charge in [-0.05, 0) is 109 Å². The van der Waals surface area contributed by atoms with E-state index in [0.29, 0.717) is 98.6 Å². The van der Waals surface area contributed by atoms with Gasteiger partial charge in [0.1, 0.15) is 0 Å². The molecule has 20 heteroatoms. The van der Waals surface area contributed by atoms with Crippen LogP contribution in [0.3, 0.4) is 0 Å². The van der Waals surface area contributed by atoms with Crippen LogP contribution in [0.15, 0.2) is 38.4 Å². The molecule has 376 valence electrons. The summed E-state index contributed by atoms with van der Waals surface area (Å²) in [7, 11) is 6.75. The minimum absolute atomic E-state index is 0.168. The molecule has 0 aromatic carbocycles. The Labute approximate surface area is 394 Å². The summed E-state index contributed by atoms with van der Waals surface area (Å²) in [5.74, 6) is 0.778. The fourth-order valence-electron chi connectivity index (χ4n) is 8.72. The zero-order valence-corrected chi connectivity index (χ0v) is 43.0. The van der Waals surface area contributed by atoms with Gasteiger partial charge in [0.15, 0.2) is 0 Å². The van der Waals surface area contributed by atoms with E-state index >= 15 is 0 Å². The predicted octanol–water partition coefficient (Wildman–Crippen LogP) is 2.00. The van der Waals surface area contributed by atoms with Crippen molar-refractivity contribution in [3.63, 3.8) is 0 Å². The smallest absolute Gasteiger partial charge is 0.334 e. The quantitative estimate of drug-likeness (QED) is 0.248. The summed E-state index contributed by atoms with van der Waals surface area (Å²) in [6, 6.07) is 0. The van der Waals surface area contributed by atoms with Crippen molar-refractivity contribution in [2.75, 3.05) is 26.4 Å². The monoisotopic (exact) mass is 953 g/mol. The number of fused-ring (bicyclic) bond motifs is 4. The van der Waals surface area contributed by atoms with Crippen molar-refractivity contribution in [1.29, 1.82) is 0 Å². The van der Waals surface area contributed by atoms with Crippen molar-refractivity contribution >= 4 is 0 Å². The van der Waals surface area contributed by atoms with Crippen LogP contribution in [0.25, 0.3) is 0 Å². The first-order valence-electron chi connectivity index (χ1n) is 23.2. The first-order valence-corrected chi connectivity index (χ1v) is 23.2. The molecule has 20 nitrogen and oxygen atoms in total. The third kappa shape index (κ3) is 10.4. The first kappa shape index (κ1) is 53.2. The van der Waals surface area contributed by atoms with E-state index in [0.717, 1.165) is 25.0 Å². The van der Waals surface area contributed by atoms with Crippen LogP contribution in [0, 0.1) is 0 Å². The van der Waals surface area contributed by atoms with Crippen molar-refractivity contribution in [1.82, 2.24) is 36.5 Å². The second-order valence-corrected chi connectivity index (χ2v) is 21.5. The maximum Gasteiger partial charge on any atom is 0.334 e. The summed E-state index contributed by atoms with van der Waals surface area (Å²) < 4.78 is 32.7. The molecule has 4 aromatic heterocycles. The molecule has 0 aliphatic carbocycles. The highest BCUT2D eigenvalue weighted by molar-refractivity contribution is 5.29. The van der Waals surface area contributed by atoms with E-state index in [1.807, 2.05) is 83.1 Å². The van der Waals surface area contributed by atoms with Crippen LogP contribution in [0.4, 0.5) is 0 Å². The highest BCUT2D eigenvalue weighted by Crippen LogP contribution is 2.22. The van der Waals surface area contributed by atoms with Crippen molar-refractivity contribution < 1.29 is 18.9 Å². The lowest BCUT2D eigenvalue weighted by Crippen LogP contribution is -2.50. The van der Waals surface area contributed by atoms with Gasteiger partial charge in [-0.25, -0.2) is 19.2 Å². The summed E-state index contributed by atoms with van der Waals surface area (Å²) in [5.41, 5.74) is 0.113. The van der Waals surface area contributed by atoms with Crippen LogP contribution in [0.1, 0.15) is 130 Å². The summed E-state index contributed by atoms with van der Waals surface area (Å²) in [6.45, 7) is 25.1. The number of nitrogens with zero attached hydrogens (tertiary/aromatic N) is 8. The molecule has 8 heterocycles. The number of hydrogen-bond donors (Lipinski definition) is 0. The Morgan fingerprint density at radius 1 is 0.368 bits per heavy atom. The maximum absolute atomic E-state index is 12.3. The van der Waals surface area contributed by atoms with E-state index in [-0.39, 0.29) is 45.0 Å². The van der Waals surface area contributed by atoms with Gasteiger partial charge >= 0.3 is 22.8 Å². The first-order chi connectivity index (χ1) is 31.3. The lowest BCUT2D eigenvalue weighted by Gasteiger charge is -2.26. The molecule has 0 unspecified atom stereocenters. The Bertz CT molecular complexity index is 2660. The van der Waals surface area contributed by atoms with Crippen molar-refractivity contribution in [2.45, 2.75) is 157 Å². The van der Waals surface area contributed by atoms with Crippen LogP contribution >= 0.6 is 0 Å². The highest BCUT2D eigenvalue weighted by Gasteiger charge is 2.30. The van der Waals surface area contributed by atoms with Gasteiger partial charge in [-0.2, -0.15) is 0 Å². The molecule has 8 rings (SSSR count). The van der Waals surface area contributed by atoms with Gasteiger partial charge in [-0.1, -0.05) is 0 Å². The van der Waals surface area contributed by atoms with Crippen molar-refractivity contribution in [3.05, 3.63) is 117 Å². The Morgan fingerprint density at radius 3 is 1.29 bits per heavy atom. The zero-order valence-electron chi connectivity index (χ0n) is 43.0. The predicted molar refractivity (Wildman–Crippen MR) is 258 cm³/mol. The highest BCUT2D eigenvalue weighted by atomic mass is 16.5. The van der Waals surface area contributed by atoms with Crippen LogP contribution in [0.5, 0.6) is 11.6 Å². The summed E-state index contributed by atoms with van der Waals surface area (Å²) in [5, 5.41) is 0. The standard InChI is InChI=1S/4C12H18N2O3/c1-12(2,3)14-10(15)8-7-17-6-5-9(8)13(4)11(14)16;1-12(2,3)14-10(15)8-5-6-17-7-9(8)13(4)11(14)16;1-12(2,3)14-10(15)9-8(6-5-7-17-9)13(4)11(14)16;1-12(2,3)14-9(15)8-6-5-7-17-10(8)13(4)11(14)16/h4*5-7H2,1-4H3. The van der Waals surface area contributed by atoms with Gasteiger partial charge in [0.05, 0.1) is 62.2 Å². The molecule has 0 amide bonds. The molecular weight excluding hydrogens is 881 g/mol. The Morgan fingerprint density at radius 2 is 0.765 bits per heavy atom. The molecule has 0 saturated heterocycles. The van der Waals surface area contributed by atoms with E-state index in [4.69, 9.17) is 18.9 Å². The molecule has 0 spiro atoms. The third-order valence-corrected chi connectivity index (χ3v) is 12.2. The Hall–Kier alpha value is -5.76. The minimum Gasteiger partial charge on any atom is -0.487 e. The van der Waals surface area contributed by atoms with Gasteiger partial charge in [-0.3, -0.25) is 51.1 Å². The SMILES string of the molecule is Cn1c2c(c(=O)n(C(C)(C)C)c1=O)CCCO2.Cn1c2c(c(=O)n(C(C)(C)C)c1=O)CCOC2.Cn1c2c(c(=O)n(C(C)(C)C)c1=O)COCC2.Cn1c2c(c(=O)n(C(C)(C)C)c1=O)OCCC2. The molecule has 68 heavy (non-hydrogen) atoms. The van der Waals surface area contributed by atoms with E-state index in [9.17, 15) is 38.4 Å². The summed E-state index contributed by atoms with van der Waals surface area (Å²) in [6.07, 6.45) is 4.28. The lowest BCUT2D eigenvalue weighted by molar-refractivity contribution is 0.102. The van der Waals surface area contributed by atoms with Gasteiger partial charge in [-0.15, -0.1) is 0 Å². The second kappa shape index (κ2) is 19.7. The topological polar surface area (TPSA) is 213 Å². The molecule has 0 bridgehead atoms. The van der Waals surface area contributed by atoms with E-state index in [1.54, 1.807) is 32.8 Å². The number of ether oxygens (including phenoxy) is 4. The number of hydrogen-bond acceptors (Lipinski definition) is 12. The van der Waals surface area contributed by atoms with E-state index in [1.165, 1.54) is 32.0 Å². The fraction of sp³-hybridized carbons (Fsp3) is 0.667. The zero-order chi connectivity index (χ0) is 51.2. The normalized spacial score (nSPS) is 15.5. The van der Waals surface area contributed by atoms with Crippen LogP contribution in [0.2, 0.25) is 0 Å². The molecule has 0 radical (unpaired) electrons. The van der Waals surface area contributed by atoms with Crippen LogP contribution in [-0.4, -0.2) is 63.0 Å². The summed E-state index contributed by atoms with van der Waals surface area (Å²) in [4.78, 5) is 97.9. The molecular formula is C48H72N8O12. The lowest BCUT2D eigenvalue weighted by atomic mass is 10.1. The number of rotatable bonds is 0. The average molecular weight is 953 g/mol. The molecule has 4 aromatic rings. The van der Waals surface area contributed by atoms with Gasteiger partial charge in [0, 0.05) is 74.4 Å². The molecule has 0 N–H and O–H groups in total. The molecule has 0 saturated carbocycles. The third-order valence-electron chi connectivity index (χ3n) is 12.2. The largest absolute Gasteiger partial charge is 0.487 e. The molecule has 0 fully saturated rings. The molecule has 0 atom stereocenters. The van der Waals surface area contributed by atoms with Crippen molar-refractivity contribution in [3.8, 4) is 11.6 Å². The van der Waals surface area contributed by atoms with Gasteiger partial charge in [0.25, 0.3) is 22.2 Å². The fourth-order valence-corrected chi connectivity index (χ4v) is 8.72. The Kier molecular flexibility index (Phi) is 15.4. The Balaban J connectivity index is 0.000000169. The van der Waals surface area contributed by atoms with Crippen molar-refractivity contribution in [2.24, 2.45) is 28.2 Å². The number of aromatic nitrogens is 8. The van der Waals surface area contributed by atoms with E-state index < -0.39 is 22.2 Å². The van der Waals surface area contributed by atoms with Gasteiger partial charge in [0.2, 0.25) is 11.6 Å². The summed E-state index contributed by atoms with van der Waals surface area (Å²) >= 11 is 0. The molecule has 4 aliphatic heterocycles. The maximum atomic E-state index is 12.3. The molecule has 4 aliphatic rings. The minimum atomic E-state index is -0.540.